The summed E-state index contributed by atoms with van der Waals surface area (Å²) < 4.78 is 27.0. The predicted octanol–water partition coefficient (Wildman–Crippen LogP) is 3.16. The molecule has 0 aliphatic heterocycles. The molecule has 0 fully saturated rings. The van der Waals surface area contributed by atoms with Crippen molar-refractivity contribution < 1.29 is 8.78 Å². The van der Waals surface area contributed by atoms with Gasteiger partial charge in [0.15, 0.2) is 5.82 Å². The molecule has 0 saturated heterocycles. The standard InChI is InChI=1S/C10H5BrF2IN3O/c11-4-1-7(6(13)2-5(4)12)17-9-8(14)10(18)16-3-15-9/h1-3H,(H2,15,16,17,18). The number of hydrogen-bond donors (Lipinski definition) is 2. The minimum Gasteiger partial charge on any atom is -0.337 e. The molecule has 0 bridgehead atoms. The third kappa shape index (κ3) is 2.69. The second kappa shape index (κ2) is 5.31. The Bertz CT molecular complexity index is 662. The van der Waals surface area contributed by atoms with Gasteiger partial charge in [-0.1, -0.05) is 0 Å². The zero-order valence-electron chi connectivity index (χ0n) is 8.60. The van der Waals surface area contributed by atoms with Crippen molar-refractivity contribution >= 4 is 50.0 Å². The van der Waals surface area contributed by atoms with Gasteiger partial charge in [-0.25, -0.2) is 13.8 Å². The fourth-order valence-electron chi connectivity index (χ4n) is 1.22. The second-order valence-electron chi connectivity index (χ2n) is 3.27. The van der Waals surface area contributed by atoms with Crippen LogP contribution in [0.15, 0.2) is 27.7 Å². The molecule has 2 rings (SSSR count). The van der Waals surface area contributed by atoms with E-state index in [1.54, 1.807) is 22.6 Å². The lowest BCUT2D eigenvalue weighted by atomic mass is 10.3. The van der Waals surface area contributed by atoms with Crippen molar-refractivity contribution in [3.8, 4) is 0 Å². The molecular weight excluding hydrogens is 423 g/mol. The second-order valence-corrected chi connectivity index (χ2v) is 5.20. The molecule has 2 N–H and O–H groups in total. The highest BCUT2D eigenvalue weighted by Gasteiger charge is 2.11. The van der Waals surface area contributed by atoms with Gasteiger partial charge in [0.1, 0.15) is 15.2 Å². The summed E-state index contributed by atoms with van der Waals surface area (Å²) in [5.41, 5.74) is -0.311. The third-order valence-electron chi connectivity index (χ3n) is 2.06. The van der Waals surface area contributed by atoms with Crippen molar-refractivity contribution in [3.63, 3.8) is 0 Å². The molecule has 1 aromatic heterocycles. The first-order chi connectivity index (χ1) is 8.49. The summed E-state index contributed by atoms with van der Waals surface area (Å²) >= 11 is 4.74. The summed E-state index contributed by atoms with van der Waals surface area (Å²) in [5, 5.41) is 2.64. The number of nitrogens with zero attached hydrogens (tertiary/aromatic N) is 1. The first-order valence-electron chi connectivity index (χ1n) is 4.64. The van der Waals surface area contributed by atoms with Crippen molar-refractivity contribution in [3.05, 3.63) is 48.5 Å². The molecule has 1 aromatic carbocycles. The van der Waals surface area contributed by atoms with E-state index in [2.05, 4.69) is 31.2 Å². The van der Waals surface area contributed by atoms with E-state index in [4.69, 9.17) is 0 Å². The van der Waals surface area contributed by atoms with Crippen molar-refractivity contribution in [2.75, 3.05) is 5.32 Å². The Hall–Kier alpha value is -1.03. The van der Waals surface area contributed by atoms with E-state index < -0.39 is 11.6 Å². The molecule has 0 aliphatic carbocycles. The van der Waals surface area contributed by atoms with E-state index in [9.17, 15) is 13.6 Å². The van der Waals surface area contributed by atoms with Crippen LogP contribution in [0.3, 0.4) is 0 Å². The molecule has 4 nitrogen and oxygen atoms in total. The molecule has 0 radical (unpaired) electrons. The molecule has 0 saturated carbocycles. The van der Waals surface area contributed by atoms with E-state index in [0.29, 0.717) is 0 Å². The molecule has 8 heteroatoms. The molecule has 2 aromatic rings. The Labute approximate surface area is 122 Å². The predicted molar refractivity (Wildman–Crippen MR) is 74.9 cm³/mol. The smallest absolute Gasteiger partial charge is 0.266 e. The van der Waals surface area contributed by atoms with Gasteiger partial charge in [0, 0.05) is 6.07 Å². The van der Waals surface area contributed by atoms with Crippen molar-refractivity contribution in [2.24, 2.45) is 0 Å². The molecule has 0 spiro atoms. The number of nitrogens with one attached hydrogen (secondary N) is 2. The summed E-state index contributed by atoms with van der Waals surface area (Å²) in [6, 6.07) is 1.98. The van der Waals surface area contributed by atoms with Gasteiger partial charge >= 0.3 is 0 Å². The van der Waals surface area contributed by atoms with Gasteiger partial charge in [-0.2, -0.15) is 0 Å². The van der Waals surface area contributed by atoms with E-state index in [0.717, 1.165) is 6.07 Å². The average molecular weight is 428 g/mol. The van der Waals surface area contributed by atoms with Crippen LogP contribution in [0.5, 0.6) is 0 Å². The van der Waals surface area contributed by atoms with Gasteiger partial charge in [-0.05, 0) is 44.6 Å². The summed E-state index contributed by atoms with van der Waals surface area (Å²) in [6.45, 7) is 0. The topological polar surface area (TPSA) is 57.8 Å². The first-order valence-corrected chi connectivity index (χ1v) is 6.51. The maximum absolute atomic E-state index is 13.5. The number of aromatic nitrogens is 2. The minimum atomic E-state index is -0.770. The van der Waals surface area contributed by atoms with Crippen LogP contribution in [-0.2, 0) is 0 Å². The quantitative estimate of drug-likeness (QED) is 0.571. The maximum atomic E-state index is 13.5. The van der Waals surface area contributed by atoms with Crippen LogP contribution in [0.2, 0.25) is 0 Å². The number of hydrogen-bond acceptors (Lipinski definition) is 3. The van der Waals surface area contributed by atoms with E-state index >= 15 is 0 Å². The fraction of sp³-hybridized carbons (Fsp3) is 0. The average Bonchev–Trinajstić information content (AvgIpc) is 2.32. The zero-order chi connectivity index (χ0) is 13.3. The number of halogens is 4. The van der Waals surface area contributed by atoms with Gasteiger partial charge < -0.3 is 10.3 Å². The van der Waals surface area contributed by atoms with Crippen LogP contribution in [0, 0.1) is 15.2 Å². The van der Waals surface area contributed by atoms with E-state index in [-0.39, 0.29) is 25.1 Å². The minimum absolute atomic E-state index is 0.0271. The number of rotatable bonds is 2. The zero-order valence-corrected chi connectivity index (χ0v) is 12.3. The van der Waals surface area contributed by atoms with Gasteiger partial charge in [-0.15, -0.1) is 0 Å². The highest BCUT2D eigenvalue weighted by Crippen LogP contribution is 2.26. The van der Waals surface area contributed by atoms with E-state index in [1.807, 2.05) is 0 Å². The number of H-pyrrole nitrogens is 1. The summed E-state index contributed by atoms with van der Waals surface area (Å²) in [7, 11) is 0. The highest BCUT2D eigenvalue weighted by atomic mass is 127. The summed E-state index contributed by atoms with van der Waals surface area (Å²) in [4.78, 5) is 17.6. The monoisotopic (exact) mass is 427 g/mol. The Morgan fingerprint density at radius 3 is 2.78 bits per heavy atom. The van der Waals surface area contributed by atoms with Crippen LogP contribution in [0.1, 0.15) is 0 Å². The van der Waals surface area contributed by atoms with Gasteiger partial charge in [0.05, 0.1) is 16.5 Å². The SMILES string of the molecule is O=c1[nH]cnc(Nc2cc(Br)c(F)cc2F)c1I. The van der Waals surface area contributed by atoms with Crippen molar-refractivity contribution in [1.82, 2.24) is 9.97 Å². The third-order valence-corrected chi connectivity index (χ3v) is 3.67. The van der Waals surface area contributed by atoms with Crippen LogP contribution < -0.4 is 10.9 Å². The highest BCUT2D eigenvalue weighted by molar-refractivity contribution is 14.1. The van der Waals surface area contributed by atoms with Crippen LogP contribution in [0.4, 0.5) is 20.3 Å². The summed E-state index contributed by atoms with van der Waals surface area (Å²) in [6.07, 6.45) is 1.20. The molecule has 0 amide bonds. The number of benzene rings is 1. The molecule has 94 valence electrons. The molecule has 0 aliphatic rings. The Balaban J connectivity index is 2.43. The fourth-order valence-corrected chi connectivity index (χ4v) is 1.99. The van der Waals surface area contributed by atoms with Crippen LogP contribution >= 0.6 is 38.5 Å². The molecule has 18 heavy (non-hydrogen) atoms. The number of anilines is 2. The van der Waals surface area contributed by atoms with Gasteiger partial charge in [0.25, 0.3) is 5.56 Å². The maximum Gasteiger partial charge on any atom is 0.266 e. The lowest BCUT2D eigenvalue weighted by Gasteiger charge is -2.08. The lowest BCUT2D eigenvalue weighted by molar-refractivity contribution is 0.581. The van der Waals surface area contributed by atoms with Crippen molar-refractivity contribution in [2.45, 2.75) is 0 Å². The largest absolute Gasteiger partial charge is 0.337 e. The normalized spacial score (nSPS) is 10.4. The van der Waals surface area contributed by atoms with Gasteiger partial charge in [-0.3, -0.25) is 4.79 Å². The number of aromatic amines is 1. The molecule has 0 atom stereocenters. The Morgan fingerprint density at radius 2 is 2.06 bits per heavy atom. The van der Waals surface area contributed by atoms with Crippen LogP contribution in [0.25, 0.3) is 0 Å². The molecule has 1 heterocycles. The molecule has 0 unspecified atom stereocenters. The van der Waals surface area contributed by atoms with Crippen LogP contribution in [-0.4, -0.2) is 9.97 Å². The lowest BCUT2D eigenvalue weighted by Crippen LogP contribution is -2.13. The Kier molecular flexibility index (Phi) is 3.95. The van der Waals surface area contributed by atoms with E-state index in [1.165, 1.54) is 12.4 Å². The van der Waals surface area contributed by atoms with Gasteiger partial charge in [0.2, 0.25) is 0 Å². The first kappa shape index (κ1) is 13.4. The Morgan fingerprint density at radius 1 is 1.33 bits per heavy atom. The van der Waals surface area contributed by atoms with Crippen molar-refractivity contribution in [1.29, 1.82) is 0 Å². The molecular formula is C10H5BrF2IN3O. The summed E-state index contributed by atoms with van der Waals surface area (Å²) in [5.74, 6) is -1.27.